The average Bonchev–Trinajstić information content (AvgIpc) is 2.26. The highest BCUT2D eigenvalue weighted by molar-refractivity contribution is 6.36. The van der Waals surface area contributed by atoms with Crippen LogP contribution in [0.3, 0.4) is 0 Å². The van der Waals surface area contributed by atoms with Gasteiger partial charge in [0.1, 0.15) is 18.0 Å². The quantitative estimate of drug-likeness (QED) is 0.503. The SMILES string of the molecule is CCCON=C(CN)c1ncc(Cl)cc1Cl. The maximum absolute atomic E-state index is 5.98. The lowest BCUT2D eigenvalue weighted by Gasteiger charge is -2.05. The largest absolute Gasteiger partial charge is 0.396 e. The standard InChI is InChI=1S/C10H13Cl2N3O/c1-2-3-16-15-9(5-13)10-8(12)4-7(11)6-14-10/h4,6H,2-3,5,13H2,1H3. The number of oxime groups is 1. The van der Waals surface area contributed by atoms with Crippen molar-refractivity contribution in [2.45, 2.75) is 13.3 Å². The van der Waals surface area contributed by atoms with E-state index < -0.39 is 0 Å². The Hall–Kier alpha value is -0.840. The van der Waals surface area contributed by atoms with Crippen molar-refractivity contribution in [1.82, 2.24) is 4.98 Å². The van der Waals surface area contributed by atoms with Crippen molar-refractivity contribution in [3.05, 3.63) is 28.0 Å². The summed E-state index contributed by atoms with van der Waals surface area (Å²) in [7, 11) is 0. The zero-order chi connectivity index (χ0) is 12.0. The summed E-state index contributed by atoms with van der Waals surface area (Å²) in [6.07, 6.45) is 2.37. The van der Waals surface area contributed by atoms with Gasteiger partial charge in [0, 0.05) is 12.7 Å². The van der Waals surface area contributed by atoms with Gasteiger partial charge in [-0.05, 0) is 12.5 Å². The van der Waals surface area contributed by atoms with Crippen LogP contribution in [-0.4, -0.2) is 23.8 Å². The number of nitrogens with zero attached hydrogens (tertiary/aromatic N) is 2. The van der Waals surface area contributed by atoms with Crippen molar-refractivity contribution < 1.29 is 4.84 Å². The lowest BCUT2D eigenvalue weighted by atomic mass is 10.2. The molecule has 0 atom stereocenters. The summed E-state index contributed by atoms with van der Waals surface area (Å²) in [4.78, 5) is 9.12. The maximum Gasteiger partial charge on any atom is 0.120 e. The van der Waals surface area contributed by atoms with Crippen LogP contribution in [0.15, 0.2) is 17.4 Å². The Morgan fingerprint density at radius 2 is 2.31 bits per heavy atom. The van der Waals surface area contributed by atoms with Crippen LogP contribution in [0, 0.1) is 0 Å². The van der Waals surface area contributed by atoms with Gasteiger partial charge in [-0.15, -0.1) is 0 Å². The Morgan fingerprint density at radius 1 is 1.56 bits per heavy atom. The van der Waals surface area contributed by atoms with E-state index in [4.69, 9.17) is 33.8 Å². The number of hydrogen-bond acceptors (Lipinski definition) is 4. The number of rotatable bonds is 5. The lowest BCUT2D eigenvalue weighted by Crippen LogP contribution is -2.17. The highest BCUT2D eigenvalue weighted by Crippen LogP contribution is 2.18. The van der Waals surface area contributed by atoms with Crippen LogP contribution in [0.25, 0.3) is 0 Å². The minimum Gasteiger partial charge on any atom is -0.396 e. The van der Waals surface area contributed by atoms with Crippen molar-refractivity contribution in [3.8, 4) is 0 Å². The van der Waals surface area contributed by atoms with E-state index in [9.17, 15) is 0 Å². The number of nitrogens with two attached hydrogens (primary N) is 1. The molecule has 0 saturated heterocycles. The van der Waals surface area contributed by atoms with Gasteiger partial charge in [-0.2, -0.15) is 0 Å². The Kier molecular flexibility index (Phi) is 5.52. The van der Waals surface area contributed by atoms with E-state index in [1.54, 1.807) is 6.07 Å². The number of hydrogen-bond donors (Lipinski definition) is 1. The molecule has 0 spiro atoms. The third-order valence-electron chi connectivity index (χ3n) is 1.74. The van der Waals surface area contributed by atoms with E-state index in [1.807, 2.05) is 6.92 Å². The summed E-state index contributed by atoms with van der Waals surface area (Å²) in [5, 5.41) is 4.78. The molecule has 0 radical (unpaired) electrons. The van der Waals surface area contributed by atoms with Gasteiger partial charge in [0.25, 0.3) is 0 Å². The van der Waals surface area contributed by atoms with Gasteiger partial charge in [0.05, 0.1) is 10.0 Å². The lowest BCUT2D eigenvalue weighted by molar-refractivity contribution is 0.145. The molecule has 0 aliphatic carbocycles. The smallest absolute Gasteiger partial charge is 0.120 e. The summed E-state index contributed by atoms with van der Waals surface area (Å²) in [5.41, 5.74) is 6.57. The van der Waals surface area contributed by atoms with E-state index in [1.165, 1.54) is 6.20 Å². The van der Waals surface area contributed by atoms with Gasteiger partial charge >= 0.3 is 0 Å². The number of aromatic nitrogens is 1. The fraction of sp³-hybridized carbons (Fsp3) is 0.400. The maximum atomic E-state index is 5.98. The minimum absolute atomic E-state index is 0.206. The molecule has 2 N–H and O–H groups in total. The normalized spacial score (nSPS) is 11.6. The van der Waals surface area contributed by atoms with Gasteiger partial charge in [-0.3, -0.25) is 4.98 Å². The van der Waals surface area contributed by atoms with Crippen molar-refractivity contribution in [2.24, 2.45) is 10.9 Å². The van der Waals surface area contributed by atoms with Gasteiger partial charge in [-0.25, -0.2) is 0 Å². The molecule has 0 saturated carbocycles. The molecule has 4 nitrogen and oxygen atoms in total. The van der Waals surface area contributed by atoms with Crippen LogP contribution in [0.1, 0.15) is 19.0 Å². The van der Waals surface area contributed by atoms with Crippen LogP contribution < -0.4 is 5.73 Å². The zero-order valence-electron chi connectivity index (χ0n) is 8.91. The first kappa shape index (κ1) is 13.2. The first-order valence-electron chi connectivity index (χ1n) is 4.89. The molecule has 6 heteroatoms. The highest BCUT2D eigenvalue weighted by atomic mass is 35.5. The molecular formula is C10H13Cl2N3O. The third kappa shape index (κ3) is 3.63. The Labute approximate surface area is 104 Å². The Balaban J connectivity index is 2.90. The van der Waals surface area contributed by atoms with Crippen molar-refractivity contribution in [1.29, 1.82) is 0 Å². The fourth-order valence-electron chi connectivity index (χ4n) is 1.02. The second-order valence-electron chi connectivity index (χ2n) is 3.06. The average molecular weight is 262 g/mol. The van der Waals surface area contributed by atoms with Gasteiger partial charge in [-0.1, -0.05) is 35.3 Å². The molecule has 1 rings (SSSR count). The molecule has 0 aliphatic heterocycles. The van der Waals surface area contributed by atoms with Crippen molar-refractivity contribution in [2.75, 3.05) is 13.2 Å². The summed E-state index contributed by atoms with van der Waals surface area (Å²) in [5.74, 6) is 0. The number of halogens is 2. The van der Waals surface area contributed by atoms with Crippen molar-refractivity contribution >= 4 is 28.9 Å². The molecule has 0 amide bonds. The van der Waals surface area contributed by atoms with E-state index in [0.29, 0.717) is 28.1 Å². The number of pyridine rings is 1. The molecule has 0 aliphatic rings. The van der Waals surface area contributed by atoms with Gasteiger partial charge in [0.2, 0.25) is 0 Å². The van der Waals surface area contributed by atoms with E-state index in [-0.39, 0.29) is 6.54 Å². The topological polar surface area (TPSA) is 60.5 Å². The molecule has 88 valence electrons. The Bertz CT molecular complexity index is 382. The minimum atomic E-state index is 0.206. The third-order valence-corrected chi connectivity index (χ3v) is 2.24. The first-order valence-corrected chi connectivity index (χ1v) is 5.65. The van der Waals surface area contributed by atoms with Gasteiger partial charge < -0.3 is 10.6 Å². The van der Waals surface area contributed by atoms with Crippen LogP contribution in [0.5, 0.6) is 0 Å². The molecule has 1 heterocycles. The summed E-state index contributed by atoms with van der Waals surface area (Å²) in [6.45, 7) is 2.73. The van der Waals surface area contributed by atoms with E-state index in [2.05, 4.69) is 10.1 Å². The second-order valence-corrected chi connectivity index (χ2v) is 3.90. The molecule has 16 heavy (non-hydrogen) atoms. The predicted molar refractivity (Wildman–Crippen MR) is 66.1 cm³/mol. The van der Waals surface area contributed by atoms with Crippen LogP contribution in [0.4, 0.5) is 0 Å². The highest BCUT2D eigenvalue weighted by Gasteiger charge is 2.09. The molecule has 0 unspecified atom stereocenters. The predicted octanol–water partition coefficient (Wildman–Crippen LogP) is 2.48. The van der Waals surface area contributed by atoms with E-state index >= 15 is 0 Å². The molecular weight excluding hydrogens is 249 g/mol. The fourth-order valence-corrected chi connectivity index (χ4v) is 1.51. The van der Waals surface area contributed by atoms with Gasteiger partial charge in [0.15, 0.2) is 0 Å². The second kappa shape index (κ2) is 6.68. The monoisotopic (exact) mass is 261 g/mol. The van der Waals surface area contributed by atoms with Crippen LogP contribution in [-0.2, 0) is 4.84 Å². The van der Waals surface area contributed by atoms with Crippen LogP contribution in [0.2, 0.25) is 10.0 Å². The van der Waals surface area contributed by atoms with E-state index in [0.717, 1.165) is 6.42 Å². The van der Waals surface area contributed by atoms with Crippen LogP contribution >= 0.6 is 23.2 Å². The molecule has 1 aromatic heterocycles. The molecule has 1 aromatic rings. The summed E-state index contributed by atoms with van der Waals surface area (Å²) in [6, 6.07) is 1.59. The summed E-state index contributed by atoms with van der Waals surface area (Å²) >= 11 is 11.7. The molecule has 0 aromatic carbocycles. The van der Waals surface area contributed by atoms with Crippen molar-refractivity contribution in [3.63, 3.8) is 0 Å². The molecule has 0 fully saturated rings. The Morgan fingerprint density at radius 3 is 2.88 bits per heavy atom. The molecule has 0 bridgehead atoms. The zero-order valence-corrected chi connectivity index (χ0v) is 10.4. The first-order chi connectivity index (χ1) is 7.69. The summed E-state index contributed by atoms with van der Waals surface area (Å²) < 4.78 is 0.